The Labute approximate surface area is 192 Å². The van der Waals surface area contributed by atoms with E-state index in [1.807, 2.05) is 43.3 Å². The van der Waals surface area contributed by atoms with E-state index in [4.69, 9.17) is 9.52 Å². The van der Waals surface area contributed by atoms with Crippen LogP contribution in [0.25, 0.3) is 11.3 Å². The van der Waals surface area contributed by atoms with Crippen molar-refractivity contribution < 1.29 is 18.1 Å². The monoisotopic (exact) mass is 465 g/mol. The number of benzene rings is 2. The number of anilines is 1. The Hall–Kier alpha value is -3.26. The Bertz CT molecular complexity index is 1340. The summed E-state index contributed by atoms with van der Waals surface area (Å²) in [5, 5.41) is 0. The number of aromatic nitrogens is 1. The highest BCUT2D eigenvalue weighted by atomic mass is 32.2. The average molecular weight is 466 g/mol. The number of ether oxygens (including phenoxy) is 1. The largest absolute Gasteiger partial charge is 0.480 e. The first-order chi connectivity index (χ1) is 15.9. The molecule has 3 heterocycles. The molecular formula is C25H24FN3O3S. The molecule has 0 saturated heterocycles. The zero-order valence-electron chi connectivity index (χ0n) is 18.2. The second kappa shape index (κ2) is 8.26. The van der Waals surface area contributed by atoms with Crippen LogP contribution in [0.5, 0.6) is 5.75 Å². The lowest BCUT2D eigenvalue weighted by molar-refractivity contribution is -0.124. The Morgan fingerprint density at radius 2 is 2.09 bits per heavy atom. The maximum absolute atomic E-state index is 14.6. The van der Waals surface area contributed by atoms with Crippen LogP contribution in [-0.2, 0) is 27.4 Å². The Morgan fingerprint density at radius 1 is 1.24 bits per heavy atom. The SMILES string of the molecule is CCC[S@@](=N)(=O)c1cc2c(cc1F)CCN2C(=O)[C@H]1Cc2cc(-c3ccccn3)ccc2O1. The summed E-state index contributed by atoms with van der Waals surface area (Å²) in [4.78, 5) is 19.2. The lowest BCUT2D eigenvalue weighted by Crippen LogP contribution is -2.40. The van der Waals surface area contributed by atoms with Gasteiger partial charge in [0.2, 0.25) is 0 Å². The molecule has 2 aromatic carbocycles. The molecule has 33 heavy (non-hydrogen) atoms. The van der Waals surface area contributed by atoms with Gasteiger partial charge in [-0.3, -0.25) is 9.78 Å². The summed E-state index contributed by atoms with van der Waals surface area (Å²) >= 11 is 0. The van der Waals surface area contributed by atoms with E-state index in [1.54, 1.807) is 11.1 Å². The van der Waals surface area contributed by atoms with Crippen LogP contribution in [0.15, 0.2) is 59.6 Å². The van der Waals surface area contributed by atoms with Crippen molar-refractivity contribution in [3.8, 4) is 17.0 Å². The Kier molecular flexibility index (Phi) is 5.40. The van der Waals surface area contributed by atoms with Crippen molar-refractivity contribution in [3.05, 3.63) is 71.7 Å². The second-order valence-electron chi connectivity index (χ2n) is 8.38. The van der Waals surface area contributed by atoms with Crippen LogP contribution in [0.4, 0.5) is 10.1 Å². The second-order valence-corrected chi connectivity index (χ2v) is 10.6. The number of carbonyl (C=O) groups excluding carboxylic acids is 1. The number of nitrogens with zero attached hydrogens (tertiary/aromatic N) is 2. The third-order valence-corrected chi connectivity index (χ3v) is 8.12. The quantitative estimate of drug-likeness (QED) is 0.597. The molecule has 0 fully saturated rings. The number of halogens is 1. The summed E-state index contributed by atoms with van der Waals surface area (Å²) in [6.45, 7) is 2.21. The van der Waals surface area contributed by atoms with Crippen molar-refractivity contribution in [1.29, 1.82) is 4.78 Å². The van der Waals surface area contributed by atoms with Gasteiger partial charge >= 0.3 is 0 Å². The molecule has 0 spiro atoms. The molecule has 1 aromatic heterocycles. The average Bonchev–Trinajstić information content (AvgIpc) is 3.42. The van der Waals surface area contributed by atoms with Gasteiger partial charge in [-0.25, -0.2) is 13.4 Å². The molecule has 3 aromatic rings. The first kappa shape index (κ1) is 21.6. The van der Waals surface area contributed by atoms with Crippen molar-refractivity contribution in [2.45, 2.75) is 37.2 Å². The normalized spacial score (nSPS) is 18.4. The highest BCUT2D eigenvalue weighted by Crippen LogP contribution is 2.37. The third kappa shape index (κ3) is 3.88. The number of hydrogen-bond acceptors (Lipinski definition) is 5. The standard InChI is InChI=1S/C25H24FN3O3S/c1-2-11-33(27,31)24-15-21-17(13-19(24)26)8-10-29(21)25(30)23-14-18-12-16(6-7-22(18)32-23)20-5-3-4-9-28-20/h3-7,9,12-13,15,23,27H,2,8,10-11,14H2,1H3/t23-,33-/m1/s1. The highest BCUT2D eigenvalue weighted by Gasteiger charge is 2.36. The van der Waals surface area contributed by atoms with E-state index < -0.39 is 21.7 Å². The molecule has 0 saturated carbocycles. The van der Waals surface area contributed by atoms with Crippen molar-refractivity contribution in [1.82, 2.24) is 4.98 Å². The molecule has 0 unspecified atom stereocenters. The van der Waals surface area contributed by atoms with Gasteiger partial charge in [-0.1, -0.05) is 13.0 Å². The number of rotatable bonds is 5. The van der Waals surface area contributed by atoms with Gasteiger partial charge in [0.1, 0.15) is 11.6 Å². The summed E-state index contributed by atoms with van der Waals surface area (Å²) in [7, 11) is -3.26. The van der Waals surface area contributed by atoms with Gasteiger partial charge in [0.15, 0.2) is 6.10 Å². The summed E-state index contributed by atoms with van der Waals surface area (Å²) in [6, 6.07) is 14.3. The van der Waals surface area contributed by atoms with Crippen LogP contribution >= 0.6 is 0 Å². The molecule has 2 atom stereocenters. The Balaban J connectivity index is 1.40. The minimum absolute atomic E-state index is 0.0797. The number of nitrogens with one attached hydrogen (secondary N) is 1. The van der Waals surface area contributed by atoms with E-state index in [0.717, 1.165) is 16.8 Å². The van der Waals surface area contributed by atoms with Crippen LogP contribution in [0.3, 0.4) is 0 Å². The fourth-order valence-electron chi connectivity index (χ4n) is 4.52. The molecule has 1 N–H and O–H groups in total. The van der Waals surface area contributed by atoms with Crippen LogP contribution in [0.2, 0.25) is 0 Å². The number of carbonyl (C=O) groups is 1. The lowest BCUT2D eigenvalue weighted by atomic mass is 10.0. The zero-order chi connectivity index (χ0) is 23.2. The summed E-state index contributed by atoms with van der Waals surface area (Å²) < 4.78 is 41.5. The van der Waals surface area contributed by atoms with Gasteiger partial charge < -0.3 is 9.64 Å². The van der Waals surface area contributed by atoms with E-state index in [0.29, 0.717) is 42.8 Å². The molecule has 0 bridgehead atoms. The summed E-state index contributed by atoms with van der Waals surface area (Å²) in [5.74, 6) is -0.0997. The first-order valence-corrected chi connectivity index (χ1v) is 12.7. The molecule has 1 amide bonds. The van der Waals surface area contributed by atoms with E-state index in [1.165, 1.54) is 12.1 Å². The molecule has 0 radical (unpaired) electrons. The van der Waals surface area contributed by atoms with Gasteiger partial charge in [0.05, 0.1) is 20.3 Å². The van der Waals surface area contributed by atoms with Crippen molar-refractivity contribution in [2.24, 2.45) is 0 Å². The van der Waals surface area contributed by atoms with Crippen molar-refractivity contribution in [3.63, 3.8) is 0 Å². The zero-order valence-corrected chi connectivity index (χ0v) is 19.0. The van der Waals surface area contributed by atoms with E-state index in [-0.39, 0.29) is 16.6 Å². The van der Waals surface area contributed by atoms with Gasteiger partial charge in [-0.15, -0.1) is 0 Å². The van der Waals surface area contributed by atoms with Crippen LogP contribution < -0.4 is 9.64 Å². The van der Waals surface area contributed by atoms with Crippen molar-refractivity contribution >= 4 is 21.3 Å². The molecule has 6 nitrogen and oxygen atoms in total. The van der Waals surface area contributed by atoms with Crippen LogP contribution in [-0.4, -0.2) is 33.5 Å². The van der Waals surface area contributed by atoms with Gasteiger partial charge in [-0.05, 0) is 66.4 Å². The molecular weight excluding hydrogens is 441 g/mol. The maximum atomic E-state index is 14.6. The smallest absolute Gasteiger partial charge is 0.268 e. The van der Waals surface area contributed by atoms with Gasteiger partial charge in [-0.2, -0.15) is 0 Å². The lowest BCUT2D eigenvalue weighted by Gasteiger charge is -2.22. The van der Waals surface area contributed by atoms with E-state index in [9.17, 15) is 13.4 Å². The van der Waals surface area contributed by atoms with Gasteiger partial charge in [0, 0.05) is 36.2 Å². The Morgan fingerprint density at radius 3 is 2.85 bits per heavy atom. The van der Waals surface area contributed by atoms with Crippen molar-refractivity contribution in [2.75, 3.05) is 17.2 Å². The van der Waals surface area contributed by atoms with E-state index >= 15 is 0 Å². The third-order valence-electron chi connectivity index (χ3n) is 6.11. The predicted molar refractivity (Wildman–Crippen MR) is 125 cm³/mol. The molecule has 8 heteroatoms. The predicted octanol–water partition coefficient (Wildman–Crippen LogP) is 4.60. The fraction of sp³-hybridized carbons (Fsp3) is 0.280. The molecule has 2 aliphatic rings. The van der Waals surface area contributed by atoms with Gasteiger partial charge in [0.25, 0.3) is 5.91 Å². The van der Waals surface area contributed by atoms with Crippen LogP contribution in [0, 0.1) is 10.6 Å². The highest BCUT2D eigenvalue weighted by molar-refractivity contribution is 7.92. The first-order valence-electron chi connectivity index (χ1n) is 11.0. The minimum Gasteiger partial charge on any atom is -0.480 e. The molecule has 5 rings (SSSR count). The number of fused-ring (bicyclic) bond motifs is 2. The minimum atomic E-state index is -3.26. The summed E-state index contributed by atoms with van der Waals surface area (Å²) in [5.41, 5.74) is 3.96. The maximum Gasteiger partial charge on any atom is 0.268 e. The molecule has 2 aliphatic heterocycles. The topological polar surface area (TPSA) is 83.4 Å². The molecule has 0 aliphatic carbocycles. The number of pyridine rings is 1. The molecule has 170 valence electrons. The number of amides is 1. The fourth-order valence-corrected chi connectivity index (χ4v) is 5.99. The van der Waals surface area contributed by atoms with Crippen LogP contribution in [0.1, 0.15) is 24.5 Å². The van der Waals surface area contributed by atoms with E-state index in [2.05, 4.69) is 4.98 Å². The summed E-state index contributed by atoms with van der Waals surface area (Å²) in [6.07, 6.45) is 2.50. The number of hydrogen-bond donors (Lipinski definition) is 1.